The van der Waals surface area contributed by atoms with Gasteiger partial charge >= 0.3 is 0 Å². The molecule has 12 rings (SSSR count). The Morgan fingerprint density at radius 2 is 1.25 bits per heavy atom. The highest BCUT2D eigenvalue weighted by molar-refractivity contribution is 6.32. The van der Waals surface area contributed by atoms with Crippen molar-refractivity contribution < 1.29 is 4.42 Å². The first-order chi connectivity index (χ1) is 29.2. The highest BCUT2D eigenvalue weighted by Gasteiger charge is 2.26. The zero-order valence-electron chi connectivity index (χ0n) is 31.9. The number of aromatic nitrogens is 4. The molecule has 0 aliphatic carbocycles. The van der Waals surface area contributed by atoms with Crippen LogP contribution in [0.15, 0.2) is 199 Å². The van der Waals surface area contributed by atoms with Crippen molar-refractivity contribution in [1.29, 1.82) is 0 Å². The van der Waals surface area contributed by atoms with Gasteiger partial charge in [0.05, 0.1) is 33.1 Å². The van der Waals surface area contributed by atoms with Crippen LogP contribution in [0.2, 0.25) is 0 Å². The number of allylic oxidation sites excluding steroid dienone is 2. The number of benzene rings is 8. The molecule has 5 heteroatoms. The molecule has 5 nitrogen and oxygen atoms in total. The molecule has 0 spiro atoms. The van der Waals surface area contributed by atoms with Gasteiger partial charge in [0.2, 0.25) is 5.95 Å². The Morgan fingerprint density at radius 3 is 2.10 bits per heavy atom. The Balaban J connectivity index is 1.22. The maximum atomic E-state index is 6.91. The van der Waals surface area contributed by atoms with E-state index in [-0.39, 0.29) is 0 Å². The molecule has 0 aliphatic rings. The van der Waals surface area contributed by atoms with Crippen LogP contribution in [-0.4, -0.2) is 19.1 Å². The summed E-state index contributed by atoms with van der Waals surface area (Å²) in [4.78, 5) is 10.8. The summed E-state index contributed by atoms with van der Waals surface area (Å²) in [5.74, 6) is 0.601. The van der Waals surface area contributed by atoms with E-state index in [1.807, 2.05) is 30.4 Å². The normalized spacial score (nSPS) is 12.1. The Kier molecular flexibility index (Phi) is 7.31. The van der Waals surface area contributed by atoms with Gasteiger partial charge in [-0.05, 0) is 70.9 Å². The van der Waals surface area contributed by atoms with Crippen LogP contribution in [0.25, 0.3) is 116 Å². The second-order valence-corrected chi connectivity index (χ2v) is 15.0. The largest absolute Gasteiger partial charge is 0.455 e. The Labute approximate surface area is 339 Å². The highest BCUT2D eigenvalue weighted by atomic mass is 16.3. The van der Waals surface area contributed by atoms with Crippen LogP contribution < -0.4 is 0 Å². The molecule has 0 fully saturated rings. The van der Waals surface area contributed by atoms with E-state index in [1.165, 1.54) is 5.39 Å². The van der Waals surface area contributed by atoms with Crippen molar-refractivity contribution in [2.45, 2.75) is 0 Å². The van der Waals surface area contributed by atoms with Crippen LogP contribution >= 0.6 is 0 Å². The summed E-state index contributed by atoms with van der Waals surface area (Å²) in [6.07, 6.45) is 5.91. The zero-order valence-corrected chi connectivity index (χ0v) is 31.9. The molecule has 0 aliphatic heterocycles. The van der Waals surface area contributed by atoms with Crippen LogP contribution in [0, 0.1) is 0 Å². The SMILES string of the molecule is C=C/C=C\c1cc2ccccc2n1-c1ccc(-c2cc3c4ccccc4oc3c3c4c5ccccc5ccc4n(-c4nc(-c5ccccc5)c5ccccc5n4)c23)cc1. The summed E-state index contributed by atoms with van der Waals surface area (Å²) in [6, 6.07) is 62.0. The summed E-state index contributed by atoms with van der Waals surface area (Å²) >= 11 is 0. The van der Waals surface area contributed by atoms with Gasteiger partial charge in [-0.25, -0.2) is 9.97 Å². The van der Waals surface area contributed by atoms with Crippen molar-refractivity contribution in [1.82, 2.24) is 19.1 Å². The first-order valence-corrected chi connectivity index (χ1v) is 19.9. The highest BCUT2D eigenvalue weighted by Crippen LogP contribution is 2.47. The quantitative estimate of drug-likeness (QED) is 0.159. The standard InChI is InChI=1S/C54H34N4O/c1-2-3-19-39-32-37-18-8-13-24-46(37)57(39)38-29-26-35(27-30-38)43-33-44-41-21-11-14-25-48(41)59-53(44)50-49-40-20-9-7-15-34(40)28-31-47(49)58(52(43)50)54-55-45-23-12-10-22-42(45)51(56-54)36-16-5-4-6-17-36/h2-33H,1H2/b19-3-. The van der Waals surface area contributed by atoms with E-state index < -0.39 is 0 Å². The first-order valence-electron chi connectivity index (χ1n) is 19.9. The second kappa shape index (κ2) is 13.0. The molecule has 0 saturated heterocycles. The Hall–Kier alpha value is -8.02. The molecule has 0 bridgehead atoms. The van der Waals surface area contributed by atoms with Crippen LogP contribution in [0.4, 0.5) is 0 Å². The number of para-hydroxylation sites is 3. The van der Waals surface area contributed by atoms with Gasteiger partial charge in [0.25, 0.3) is 0 Å². The Morgan fingerprint density at radius 1 is 0.525 bits per heavy atom. The molecule has 0 atom stereocenters. The van der Waals surface area contributed by atoms with Gasteiger partial charge in [0, 0.05) is 49.4 Å². The van der Waals surface area contributed by atoms with Crippen LogP contribution in [-0.2, 0) is 0 Å². The van der Waals surface area contributed by atoms with Gasteiger partial charge in [0.1, 0.15) is 11.2 Å². The third-order valence-corrected chi connectivity index (χ3v) is 11.7. The third kappa shape index (κ3) is 5.05. The summed E-state index contributed by atoms with van der Waals surface area (Å²) in [5, 5.41) is 8.78. The lowest BCUT2D eigenvalue weighted by atomic mass is 9.96. The van der Waals surface area contributed by atoms with Gasteiger partial charge in [-0.15, -0.1) is 0 Å². The lowest BCUT2D eigenvalue weighted by Crippen LogP contribution is -2.04. The van der Waals surface area contributed by atoms with E-state index in [9.17, 15) is 0 Å². The average molecular weight is 755 g/mol. The van der Waals surface area contributed by atoms with E-state index in [2.05, 4.69) is 180 Å². The van der Waals surface area contributed by atoms with Crippen molar-refractivity contribution >= 4 is 82.4 Å². The summed E-state index contributed by atoms with van der Waals surface area (Å²) in [5.41, 5.74) is 11.9. The van der Waals surface area contributed by atoms with Crippen LogP contribution in [0.5, 0.6) is 0 Å². The Bertz CT molecular complexity index is 3680. The summed E-state index contributed by atoms with van der Waals surface area (Å²) in [7, 11) is 0. The fourth-order valence-electron chi connectivity index (χ4n) is 9.09. The molecule has 8 aromatic carbocycles. The van der Waals surface area contributed by atoms with Gasteiger partial charge < -0.3 is 8.98 Å². The second-order valence-electron chi connectivity index (χ2n) is 15.0. The van der Waals surface area contributed by atoms with E-state index >= 15 is 0 Å². The van der Waals surface area contributed by atoms with E-state index in [4.69, 9.17) is 14.4 Å². The van der Waals surface area contributed by atoms with Crippen molar-refractivity contribution in [3.63, 3.8) is 0 Å². The molecule has 0 saturated carbocycles. The fourth-order valence-corrected chi connectivity index (χ4v) is 9.09. The molecule has 4 heterocycles. The number of fused-ring (bicyclic) bond motifs is 11. The fraction of sp³-hybridized carbons (Fsp3) is 0. The molecule has 0 radical (unpaired) electrons. The zero-order chi connectivity index (χ0) is 39.0. The smallest absolute Gasteiger partial charge is 0.235 e. The number of hydrogen-bond acceptors (Lipinski definition) is 3. The number of hydrogen-bond donors (Lipinski definition) is 0. The predicted octanol–water partition coefficient (Wildman–Crippen LogP) is 14.3. The van der Waals surface area contributed by atoms with Gasteiger partial charge in [0.15, 0.2) is 0 Å². The molecule has 276 valence electrons. The van der Waals surface area contributed by atoms with E-state index in [0.29, 0.717) is 5.95 Å². The maximum Gasteiger partial charge on any atom is 0.235 e. The van der Waals surface area contributed by atoms with Crippen LogP contribution in [0.3, 0.4) is 0 Å². The summed E-state index contributed by atoms with van der Waals surface area (Å²) in [6.45, 7) is 3.92. The van der Waals surface area contributed by atoms with Crippen molar-refractivity contribution in [3.8, 4) is 34.0 Å². The molecule has 0 amide bonds. The van der Waals surface area contributed by atoms with Crippen molar-refractivity contribution in [2.75, 3.05) is 0 Å². The number of rotatable bonds is 6. The number of furan rings is 1. The van der Waals surface area contributed by atoms with E-state index in [0.717, 1.165) is 105 Å². The lowest BCUT2D eigenvalue weighted by Gasteiger charge is -2.14. The monoisotopic (exact) mass is 754 g/mol. The van der Waals surface area contributed by atoms with Crippen LogP contribution in [0.1, 0.15) is 5.69 Å². The summed E-state index contributed by atoms with van der Waals surface area (Å²) < 4.78 is 11.5. The minimum Gasteiger partial charge on any atom is -0.455 e. The minimum atomic E-state index is 0.601. The molecule has 0 N–H and O–H groups in total. The van der Waals surface area contributed by atoms with Crippen molar-refractivity contribution in [2.24, 2.45) is 0 Å². The minimum absolute atomic E-state index is 0.601. The van der Waals surface area contributed by atoms with Gasteiger partial charge in [-0.3, -0.25) is 4.57 Å². The maximum absolute atomic E-state index is 6.91. The lowest BCUT2D eigenvalue weighted by molar-refractivity contribution is 0.673. The third-order valence-electron chi connectivity index (χ3n) is 11.7. The van der Waals surface area contributed by atoms with Gasteiger partial charge in [-0.1, -0.05) is 146 Å². The van der Waals surface area contributed by atoms with Gasteiger partial charge in [-0.2, -0.15) is 0 Å². The average Bonchev–Trinajstić information content (AvgIpc) is 3.98. The molecule has 0 unspecified atom stereocenters. The molecular weight excluding hydrogens is 721 g/mol. The molecule has 12 aromatic rings. The van der Waals surface area contributed by atoms with Crippen molar-refractivity contribution in [3.05, 3.63) is 200 Å². The molecule has 4 aromatic heterocycles. The molecule has 59 heavy (non-hydrogen) atoms. The topological polar surface area (TPSA) is 48.8 Å². The number of nitrogens with zero attached hydrogens (tertiary/aromatic N) is 4. The predicted molar refractivity (Wildman–Crippen MR) is 246 cm³/mol. The first kappa shape index (κ1) is 33.2. The molecular formula is C54H34N4O. The van der Waals surface area contributed by atoms with E-state index in [1.54, 1.807) is 0 Å².